The van der Waals surface area contributed by atoms with Gasteiger partial charge in [0.15, 0.2) is 0 Å². The predicted molar refractivity (Wildman–Crippen MR) is 92.2 cm³/mol. The molecule has 3 heterocycles. The van der Waals surface area contributed by atoms with Crippen molar-refractivity contribution in [3.8, 4) is 6.07 Å². The van der Waals surface area contributed by atoms with Crippen LogP contribution in [-0.4, -0.2) is 40.7 Å². The van der Waals surface area contributed by atoms with Gasteiger partial charge in [-0.05, 0) is 43.5 Å². The topological polar surface area (TPSA) is 64.4 Å². The number of hydrogen-bond acceptors (Lipinski definition) is 4. The van der Waals surface area contributed by atoms with Gasteiger partial charge < -0.3 is 0 Å². The number of imide groups is 1. The molecule has 130 valence electrons. The fourth-order valence-electron chi connectivity index (χ4n) is 4.95. The molecule has 0 radical (unpaired) electrons. The Hall–Kier alpha value is -2.19. The first kappa shape index (κ1) is 16.3. The van der Waals surface area contributed by atoms with Gasteiger partial charge in [-0.25, -0.2) is 0 Å². The van der Waals surface area contributed by atoms with Crippen LogP contribution >= 0.6 is 0 Å². The zero-order chi connectivity index (χ0) is 17.6. The summed E-state index contributed by atoms with van der Waals surface area (Å²) >= 11 is 0. The van der Waals surface area contributed by atoms with Gasteiger partial charge in [-0.15, -0.1) is 0 Å². The molecule has 3 aliphatic rings. The van der Waals surface area contributed by atoms with E-state index >= 15 is 0 Å². The van der Waals surface area contributed by atoms with Gasteiger partial charge >= 0.3 is 0 Å². The van der Waals surface area contributed by atoms with Crippen molar-refractivity contribution in [1.82, 2.24) is 9.80 Å². The maximum absolute atomic E-state index is 13.1. The Morgan fingerprint density at radius 3 is 2.56 bits per heavy atom. The summed E-state index contributed by atoms with van der Waals surface area (Å²) in [5.41, 5.74) is 1.67. The van der Waals surface area contributed by atoms with E-state index < -0.39 is 0 Å². The van der Waals surface area contributed by atoms with Crippen LogP contribution in [0, 0.1) is 23.2 Å². The van der Waals surface area contributed by atoms with Crippen molar-refractivity contribution >= 4 is 11.8 Å². The number of nitriles is 1. The number of likely N-dealkylation sites (tertiary alicyclic amines) is 1. The number of benzene rings is 1. The van der Waals surface area contributed by atoms with E-state index in [1.165, 1.54) is 4.90 Å². The third-order valence-electron chi connectivity index (χ3n) is 6.06. The van der Waals surface area contributed by atoms with Crippen LogP contribution in [0.2, 0.25) is 0 Å². The molecule has 0 spiro atoms. The van der Waals surface area contributed by atoms with Crippen molar-refractivity contribution in [1.29, 1.82) is 5.26 Å². The second-order valence-electron chi connectivity index (χ2n) is 7.36. The van der Waals surface area contributed by atoms with Crippen LogP contribution in [0.25, 0.3) is 0 Å². The van der Waals surface area contributed by atoms with Gasteiger partial charge in [0.25, 0.3) is 0 Å². The number of carbonyl (C=O) groups excluding carboxylic acids is 2. The summed E-state index contributed by atoms with van der Waals surface area (Å²) in [6, 6.07) is 9.82. The number of fused-ring (bicyclic) bond motifs is 3. The van der Waals surface area contributed by atoms with Crippen molar-refractivity contribution in [2.24, 2.45) is 11.8 Å². The van der Waals surface area contributed by atoms with Gasteiger partial charge in [0.2, 0.25) is 11.8 Å². The number of carbonyl (C=O) groups is 2. The number of rotatable bonds is 4. The summed E-state index contributed by atoms with van der Waals surface area (Å²) in [7, 11) is 0. The lowest BCUT2D eigenvalue weighted by atomic mass is 9.85. The molecule has 3 fully saturated rings. The summed E-state index contributed by atoms with van der Waals surface area (Å²) in [5, 5.41) is 9.02. The van der Waals surface area contributed by atoms with Gasteiger partial charge in [-0.3, -0.25) is 19.4 Å². The highest BCUT2D eigenvalue weighted by Gasteiger charge is 2.62. The summed E-state index contributed by atoms with van der Waals surface area (Å²) in [4.78, 5) is 29.9. The van der Waals surface area contributed by atoms with Gasteiger partial charge in [0.05, 0.1) is 23.5 Å². The van der Waals surface area contributed by atoms with Crippen molar-refractivity contribution in [3.05, 3.63) is 35.4 Å². The zero-order valence-electron chi connectivity index (χ0n) is 14.5. The van der Waals surface area contributed by atoms with E-state index in [0.717, 1.165) is 37.8 Å². The van der Waals surface area contributed by atoms with E-state index in [0.29, 0.717) is 12.1 Å². The smallest absolute Gasteiger partial charge is 0.235 e. The van der Waals surface area contributed by atoms with Crippen LogP contribution in [0.5, 0.6) is 0 Å². The minimum absolute atomic E-state index is 0.00668. The maximum atomic E-state index is 13.1. The molecule has 0 N–H and O–H groups in total. The molecule has 5 nitrogen and oxygen atoms in total. The monoisotopic (exact) mass is 337 g/mol. The molecule has 3 aliphatic heterocycles. The van der Waals surface area contributed by atoms with E-state index in [1.807, 2.05) is 24.3 Å². The van der Waals surface area contributed by atoms with E-state index in [9.17, 15) is 9.59 Å². The molecule has 4 unspecified atom stereocenters. The van der Waals surface area contributed by atoms with Crippen molar-refractivity contribution in [3.63, 3.8) is 0 Å². The highest BCUT2D eigenvalue weighted by Crippen LogP contribution is 2.53. The molecule has 25 heavy (non-hydrogen) atoms. The van der Waals surface area contributed by atoms with Gasteiger partial charge in [0, 0.05) is 18.6 Å². The molecule has 4 rings (SSSR count). The Kier molecular flexibility index (Phi) is 4.09. The molecule has 0 aromatic heterocycles. The summed E-state index contributed by atoms with van der Waals surface area (Å²) in [6.07, 6.45) is 3.92. The van der Waals surface area contributed by atoms with Crippen LogP contribution in [0.15, 0.2) is 24.3 Å². The quantitative estimate of drug-likeness (QED) is 0.792. The first-order chi connectivity index (χ1) is 12.2. The predicted octanol–water partition coefficient (Wildman–Crippen LogP) is 2.48. The SMILES string of the molecule is CCCCN1C(=O)C2C(C1=O)C(c1ccc(C#N)cc1)N1CCCC21. The Bertz CT molecular complexity index is 736. The van der Waals surface area contributed by atoms with Crippen molar-refractivity contribution < 1.29 is 9.59 Å². The zero-order valence-corrected chi connectivity index (χ0v) is 14.5. The third kappa shape index (κ3) is 2.39. The first-order valence-electron chi connectivity index (χ1n) is 9.28. The molecule has 1 aromatic carbocycles. The Morgan fingerprint density at radius 2 is 1.88 bits per heavy atom. The van der Waals surface area contributed by atoms with Crippen LogP contribution in [0.1, 0.15) is 49.8 Å². The Morgan fingerprint density at radius 1 is 1.16 bits per heavy atom. The van der Waals surface area contributed by atoms with Gasteiger partial charge in [-0.1, -0.05) is 25.5 Å². The number of unbranched alkanes of at least 4 members (excludes halogenated alkanes) is 1. The lowest BCUT2D eigenvalue weighted by Gasteiger charge is -2.28. The molecular weight excluding hydrogens is 314 g/mol. The summed E-state index contributed by atoms with van der Waals surface area (Å²) in [6.45, 7) is 3.57. The lowest BCUT2D eigenvalue weighted by molar-refractivity contribution is -0.141. The molecular formula is C20H23N3O2. The van der Waals surface area contributed by atoms with E-state index in [-0.39, 0.29) is 35.7 Å². The average molecular weight is 337 g/mol. The van der Waals surface area contributed by atoms with Crippen molar-refractivity contribution in [2.45, 2.75) is 44.7 Å². The van der Waals surface area contributed by atoms with Crippen LogP contribution in [-0.2, 0) is 9.59 Å². The van der Waals surface area contributed by atoms with Gasteiger partial charge in [0.1, 0.15) is 0 Å². The first-order valence-corrected chi connectivity index (χ1v) is 9.28. The normalized spacial score (nSPS) is 31.3. The van der Waals surface area contributed by atoms with E-state index in [2.05, 4.69) is 17.9 Å². The van der Waals surface area contributed by atoms with E-state index in [4.69, 9.17) is 5.26 Å². The standard InChI is InChI=1S/C20H23N3O2/c1-2-3-10-23-19(24)16-15-5-4-11-22(15)18(17(16)20(23)25)14-8-6-13(12-21)7-9-14/h6-9,15-18H,2-5,10-11H2,1H3. The fourth-order valence-corrected chi connectivity index (χ4v) is 4.95. The minimum atomic E-state index is -0.261. The molecule has 1 aromatic rings. The number of hydrogen-bond donors (Lipinski definition) is 0. The molecule has 0 bridgehead atoms. The summed E-state index contributed by atoms with van der Waals surface area (Å²) < 4.78 is 0. The Balaban J connectivity index is 1.70. The molecule has 4 atom stereocenters. The second kappa shape index (κ2) is 6.27. The molecule has 2 amide bonds. The number of amides is 2. The average Bonchev–Trinajstić information content (AvgIpc) is 3.27. The maximum Gasteiger partial charge on any atom is 0.235 e. The summed E-state index contributed by atoms with van der Waals surface area (Å²) in [5.74, 6) is -0.404. The third-order valence-corrected chi connectivity index (χ3v) is 6.06. The van der Waals surface area contributed by atoms with Crippen LogP contribution < -0.4 is 0 Å². The Labute approximate surface area is 148 Å². The molecule has 0 aliphatic carbocycles. The highest BCUT2D eigenvalue weighted by atomic mass is 16.2. The van der Waals surface area contributed by atoms with Crippen molar-refractivity contribution in [2.75, 3.05) is 13.1 Å². The van der Waals surface area contributed by atoms with Crippen LogP contribution in [0.4, 0.5) is 0 Å². The largest absolute Gasteiger partial charge is 0.292 e. The lowest BCUT2D eigenvalue weighted by Crippen LogP contribution is -2.39. The molecule has 3 saturated heterocycles. The molecule has 5 heteroatoms. The van der Waals surface area contributed by atoms with Crippen LogP contribution in [0.3, 0.4) is 0 Å². The highest BCUT2D eigenvalue weighted by molar-refractivity contribution is 6.06. The van der Waals surface area contributed by atoms with E-state index in [1.54, 1.807) is 0 Å². The minimum Gasteiger partial charge on any atom is -0.292 e. The molecule has 0 saturated carbocycles. The number of nitrogens with zero attached hydrogens (tertiary/aromatic N) is 3. The fraction of sp³-hybridized carbons (Fsp3) is 0.550. The second-order valence-corrected chi connectivity index (χ2v) is 7.36. The van der Waals surface area contributed by atoms with Gasteiger partial charge in [-0.2, -0.15) is 5.26 Å².